The van der Waals surface area contributed by atoms with Gasteiger partial charge in [0.2, 0.25) is 5.88 Å². The SMILES string of the molecule is CCOc1ncccc1C(=O)N[C@@H]1COCC[C@@H]1Oc1cccc(F)c1. The topological polar surface area (TPSA) is 69.7 Å². The van der Waals surface area contributed by atoms with E-state index < -0.39 is 0 Å². The summed E-state index contributed by atoms with van der Waals surface area (Å²) in [5, 5.41) is 2.92. The Bertz CT molecular complexity index is 756. The van der Waals surface area contributed by atoms with Crippen LogP contribution in [-0.4, -0.2) is 42.9 Å². The summed E-state index contributed by atoms with van der Waals surface area (Å²) >= 11 is 0. The first-order valence-corrected chi connectivity index (χ1v) is 8.56. The van der Waals surface area contributed by atoms with Crippen molar-refractivity contribution in [3.8, 4) is 11.6 Å². The molecule has 138 valence electrons. The molecular formula is C19H21FN2O4. The second-order valence-electron chi connectivity index (χ2n) is 5.85. The number of aromatic nitrogens is 1. The minimum atomic E-state index is -0.369. The van der Waals surface area contributed by atoms with Crippen molar-refractivity contribution in [3.63, 3.8) is 0 Å². The number of nitrogens with zero attached hydrogens (tertiary/aromatic N) is 1. The molecule has 1 aliphatic rings. The Kier molecular flexibility index (Phi) is 6.01. The monoisotopic (exact) mass is 360 g/mol. The summed E-state index contributed by atoms with van der Waals surface area (Å²) in [5.74, 6) is 0.0242. The highest BCUT2D eigenvalue weighted by Crippen LogP contribution is 2.20. The zero-order chi connectivity index (χ0) is 18.4. The quantitative estimate of drug-likeness (QED) is 0.857. The van der Waals surface area contributed by atoms with Crippen LogP contribution in [0.4, 0.5) is 4.39 Å². The van der Waals surface area contributed by atoms with Gasteiger partial charge in [0.25, 0.3) is 5.91 Å². The van der Waals surface area contributed by atoms with E-state index in [1.807, 2.05) is 6.92 Å². The molecule has 0 bridgehead atoms. The molecule has 3 rings (SSSR count). The zero-order valence-electron chi connectivity index (χ0n) is 14.5. The summed E-state index contributed by atoms with van der Waals surface area (Å²) in [6.45, 7) is 3.07. The maximum Gasteiger partial charge on any atom is 0.257 e. The van der Waals surface area contributed by atoms with Gasteiger partial charge in [-0.15, -0.1) is 0 Å². The predicted octanol–water partition coefficient (Wildman–Crippen LogP) is 2.59. The molecule has 7 heteroatoms. The second kappa shape index (κ2) is 8.62. The Balaban J connectivity index is 1.71. The normalized spacial score (nSPS) is 19.6. The molecule has 0 radical (unpaired) electrons. The molecule has 2 atom stereocenters. The number of hydrogen-bond acceptors (Lipinski definition) is 5. The maximum atomic E-state index is 13.4. The largest absolute Gasteiger partial charge is 0.488 e. The van der Waals surface area contributed by atoms with Gasteiger partial charge in [0, 0.05) is 18.7 Å². The molecule has 2 heterocycles. The van der Waals surface area contributed by atoms with Crippen LogP contribution in [0.1, 0.15) is 23.7 Å². The lowest BCUT2D eigenvalue weighted by molar-refractivity contribution is -0.00302. The van der Waals surface area contributed by atoms with Crippen molar-refractivity contribution in [2.24, 2.45) is 0 Å². The molecule has 1 amide bonds. The lowest BCUT2D eigenvalue weighted by Gasteiger charge is -2.32. The Morgan fingerprint density at radius 2 is 2.27 bits per heavy atom. The van der Waals surface area contributed by atoms with Crippen LogP contribution in [0, 0.1) is 5.82 Å². The number of pyridine rings is 1. The van der Waals surface area contributed by atoms with Crippen LogP contribution in [0.5, 0.6) is 11.6 Å². The van der Waals surface area contributed by atoms with E-state index in [1.165, 1.54) is 12.1 Å². The van der Waals surface area contributed by atoms with E-state index in [-0.39, 0.29) is 29.8 Å². The van der Waals surface area contributed by atoms with E-state index in [4.69, 9.17) is 14.2 Å². The molecule has 1 aliphatic heterocycles. The first kappa shape index (κ1) is 18.1. The minimum absolute atomic E-state index is 0.284. The fraction of sp³-hybridized carbons (Fsp3) is 0.368. The number of halogens is 1. The van der Waals surface area contributed by atoms with Crippen molar-refractivity contribution in [3.05, 3.63) is 54.0 Å². The van der Waals surface area contributed by atoms with E-state index in [2.05, 4.69) is 10.3 Å². The summed E-state index contributed by atoms with van der Waals surface area (Å²) in [6, 6.07) is 8.91. The predicted molar refractivity (Wildman–Crippen MR) is 92.9 cm³/mol. The van der Waals surface area contributed by atoms with Crippen molar-refractivity contribution in [1.82, 2.24) is 10.3 Å². The van der Waals surface area contributed by atoms with Crippen molar-refractivity contribution in [2.45, 2.75) is 25.5 Å². The van der Waals surface area contributed by atoms with Gasteiger partial charge in [-0.1, -0.05) is 6.07 Å². The van der Waals surface area contributed by atoms with Gasteiger partial charge < -0.3 is 19.5 Å². The standard InChI is InChI=1S/C19H21FN2O4/c1-2-25-19-15(7-4-9-21-19)18(23)22-16-12-24-10-8-17(16)26-14-6-3-5-13(20)11-14/h3-7,9,11,16-17H,2,8,10,12H2,1H3,(H,22,23)/t16-,17+/m1/s1. The fourth-order valence-corrected chi connectivity index (χ4v) is 2.77. The number of benzene rings is 1. The summed E-state index contributed by atoms with van der Waals surface area (Å²) in [4.78, 5) is 16.8. The van der Waals surface area contributed by atoms with Crippen LogP contribution in [-0.2, 0) is 4.74 Å². The zero-order valence-corrected chi connectivity index (χ0v) is 14.5. The molecule has 2 aromatic rings. The fourth-order valence-electron chi connectivity index (χ4n) is 2.77. The Morgan fingerprint density at radius 1 is 1.38 bits per heavy atom. The number of hydrogen-bond donors (Lipinski definition) is 1. The molecule has 0 saturated carbocycles. The summed E-state index contributed by atoms with van der Waals surface area (Å²) < 4.78 is 30.1. The van der Waals surface area contributed by atoms with Crippen LogP contribution in [0.2, 0.25) is 0 Å². The maximum absolute atomic E-state index is 13.4. The van der Waals surface area contributed by atoms with E-state index in [0.717, 1.165) is 0 Å². The molecule has 26 heavy (non-hydrogen) atoms. The first-order valence-electron chi connectivity index (χ1n) is 8.56. The average Bonchev–Trinajstić information content (AvgIpc) is 2.64. The number of amides is 1. The highest BCUT2D eigenvalue weighted by Gasteiger charge is 2.30. The van der Waals surface area contributed by atoms with Crippen molar-refractivity contribution >= 4 is 5.91 Å². The molecule has 6 nitrogen and oxygen atoms in total. The molecule has 1 aromatic heterocycles. The lowest BCUT2D eigenvalue weighted by Crippen LogP contribution is -2.51. The van der Waals surface area contributed by atoms with Crippen LogP contribution in [0.15, 0.2) is 42.6 Å². The Labute approximate surface area is 151 Å². The van der Waals surface area contributed by atoms with Gasteiger partial charge in [0.15, 0.2) is 0 Å². The highest BCUT2D eigenvalue weighted by molar-refractivity contribution is 5.96. The molecule has 0 aliphatic carbocycles. The molecule has 1 N–H and O–H groups in total. The lowest BCUT2D eigenvalue weighted by atomic mass is 10.1. The molecule has 1 fully saturated rings. The van der Waals surface area contributed by atoms with Crippen LogP contribution in [0.25, 0.3) is 0 Å². The molecule has 0 spiro atoms. The van der Waals surface area contributed by atoms with Crippen molar-refractivity contribution in [1.29, 1.82) is 0 Å². The van der Waals surface area contributed by atoms with E-state index in [0.29, 0.717) is 37.6 Å². The molecule has 1 aromatic carbocycles. The van der Waals surface area contributed by atoms with E-state index >= 15 is 0 Å². The highest BCUT2D eigenvalue weighted by atomic mass is 19.1. The summed E-state index contributed by atoms with van der Waals surface area (Å²) in [6.07, 6.45) is 1.84. The minimum Gasteiger partial charge on any atom is -0.488 e. The van der Waals surface area contributed by atoms with E-state index in [9.17, 15) is 9.18 Å². The Morgan fingerprint density at radius 3 is 3.08 bits per heavy atom. The number of carbonyl (C=O) groups excluding carboxylic acids is 1. The van der Waals surface area contributed by atoms with Gasteiger partial charge in [-0.2, -0.15) is 0 Å². The molecular weight excluding hydrogens is 339 g/mol. The third-order valence-electron chi connectivity index (χ3n) is 3.99. The molecule has 0 unspecified atom stereocenters. The van der Waals surface area contributed by atoms with E-state index in [1.54, 1.807) is 30.5 Å². The summed E-state index contributed by atoms with van der Waals surface area (Å²) in [7, 11) is 0. The first-order chi connectivity index (χ1) is 12.7. The van der Waals surface area contributed by atoms with Crippen molar-refractivity contribution in [2.75, 3.05) is 19.8 Å². The third-order valence-corrected chi connectivity index (χ3v) is 3.99. The smallest absolute Gasteiger partial charge is 0.257 e. The van der Waals surface area contributed by atoms with Gasteiger partial charge >= 0.3 is 0 Å². The van der Waals surface area contributed by atoms with Gasteiger partial charge in [-0.05, 0) is 31.2 Å². The average molecular weight is 360 g/mol. The third kappa shape index (κ3) is 4.49. The Hall–Kier alpha value is -2.67. The number of carbonyl (C=O) groups is 1. The van der Waals surface area contributed by atoms with Crippen molar-refractivity contribution < 1.29 is 23.4 Å². The number of ether oxygens (including phenoxy) is 3. The number of rotatable bonds is 6. The number of nitrogens with one attached hydrogen (secondary N) is 1. The second-order valence-corrected chi connectivity index (χ2v) is 5.85. The van der Waals surface area contributed by atoms with Crippen LogP contribution >= 0.6 is 0 Å². The van der Waals surface area contributed by atoms with Crippen LogP contribution < -0.4 is 14.8 Å². The van der Waals surface area contributed by atoms with Gasteiger partial charge in [0.05, 0.1) is 25.9 Å². The summed E-state index contributed by atoms with van der Waals surface area (Å²) in [5.41, 5.74) is 0.351. The molecule has 1 saturated heterocycles. The van der Waals surface area contributed by atoms with Gasteiger partial charge in [-0.25, -0.2) is 9.37 Å². The van der Waals surface area contributed by atoms with Gasteiger partial charge in [-0.3, -0.25) is 4.79 Å². The van der Waals surface area contributed by atoms with Gasteiger partial charge in [0.1, 0.15) is 23.2 Å². The van der Waals surface area contributed by atoms with Crippen LogP contribution in [0.3, 0.4) is 0 Å².